The number of benzene rings is 1. The molecule has 2 unspecified atom stereocenters. The second-order valence-electron chi connectivity index (χ2n) is 10.2. The highest BCUT2D eigenvalue weighted by atomic mass is 32.2. The quantitative estimate of drug-likeness (QED) is 0.416. The Bertz CT molecular complexity index is 1410. The number of hydrogen-bond acceptors (Lipinski definition) is 6. The fraction of sp³-hybridized carbons (Fsp3) is 0.407. The first-order valence-corrected chi connectivity index (χ1v) is 14.9. The Labute approximate surface area is 228 Å². The summed E-state index contributed by atoms with van der Waals surface area (Å²) in [4.78, 5) is 13.9. The van der Waals surface area contributed by atoms with E-state index in [2.05, 4.69) is 26.3 Å². The second kappa shape index (κ2) is 10.3. The molecule has 1 saturated heterocycles. The molecule has 0 bridgehead atoms. The lowest BCUT2D eigenvalue weighted by molar-refractivity contribution is 0.243. The standard InChI is InChI=1S/C27H33FN6O2S2/c1-19(2)37(35)33-12-7-23(17-33)38(36)31(5)24-16-22(28)15-20(3)25(24)21(4)34-14-13-32(18-27(34)8-9-27)26-29-10-6-11-30-26/h6-7,10-12,15-17,19H,4,8-9,13-14,18H2,1-3,5H3. The monoisotopic (exact) mass is 556 g/mol. The topological polar surface area (TPSA) is 74.6 Å². The summed E-state index contributed by atoms with van der Waals surface area (Å²) in [6, 6.07) is 6.42. The molecule has 38 heavy (non-hydrogen) atoms. The maximum Gasteiger partial charge on any atom is 0.225 e. The van der Waals surface area contributed by atoms with Crippen LogP contribution in [0.1, 0.15) is 37.8 Å². The number of piperazine rings is 1. The Morgan fingerprint density at radius 3 is 2.55 bits per heavy atom. The van der Waals surface area contributed by atoms with Crippen LogP contribution in [0.2, 0.25) is 0 Å². The van der Waals surface area contributed by atoms with Crippen molar-refractivity contribution in [2.24, 2.45) is 0 Å². The average molecular weight is 557 g/mol. The summed E-state index contributed by atoms with van der Waals surface area (Å²) < 4.78 is 43.9. The van der Waals surface area contributed by atoms with E-state index in [4.69, 9.17) is 0 Å². The molecule has 202 valence electrons. The number of anilines is 2. The SMILES string of the molecule is C=C(c1c(C)cc(F)cc1N(C)S(=O)c1ccn(S(=O)C(C)C)c1)N1CCN(c2ncccn2)CC12CC2. The van der Waals surface area contributed by atoms with Crippen LogP contribution in [-0.2, 0) is 22.0 Å². The minimum Gasteiger partial charge on any atom is -0.362 e. The first-order chi connectivity index (χ1) is 18.1. The van der Waals surface area contributed by atoms with E-state index in [0.717, 1.165) is 55.2 Å². The van der Waals surface area contributed by atoms with Crippen molar-refractivity contribution in [2.45, 2.75) is 49.3 Å². The van der Waals surface area contributed by atoms with Gasteiger partial charge in [0.05, 0.1) is 16.1 Å². The van der Waals surface area contributed by atoms with E-state index in [1.54, 1.807) is 46.2 Å². The minimum absolute atomic E-state index is 0.0779. The summed E-state index contributed by atoms with van der Waals surface area (Å²) in [5.74, 6) is 0.326. The summed E-state index contributed by atoms with van der Waals surface area (Å²) in [5.41, 5.74) is 2.74. The molecule has 1 aliphatic carbocycles. The summed E-state index contributed by atoms with van der Waals surface area (Å²) in [6.45, 7) is 12.3. The van der Waals surface area contributed by atoms with Crippen molar-refractivity contribution >= 4 is 39.3 Å². The fourth-order valence-corrected chi connectivity index (χ4v) is 7.12. The van der Waals surface area contributed by atoms with E-state index in [0.29, 0.717) is 10.6 Å². The van der Waals surface area contributed by atoms with Crippen molar-refractivity contribution in [1.82, 2.24) is 18.8 Å². The van der Waals surface area contributed by atoms with Crippen LogP contribution in [0, 0.1) is 12.7 Å². The van der Waals surface area contributed by atoms with Crippen molar-refractivity contribution < 1.29 is 12.8 Å². The van der Waals surface area contributed by atoms with Crippen LogP contribution in [-0.4, -0.2) is 64.7 Å². The molecular weight excluding hydrogens is 523 g/mol. The van der Waals surface area contributed by atoms with Crippen LogP contribution in [0.4, 0.5) is 16.0 Å². The zero-order valence-electron chi connectivity index (χ0n) is 22.1. The third kappa shape index (κ3) is 4.89. The zero-order chi connectivity index (χ0) is 27.2. The maximum atomic E-state index is 14.7. The lowest BCUT2D eigenvalue weighted by Crippen LogP contribution is -2.54. The van der Waals surface area contributed by atoms with Gasteiger partial charge < -0.3 is 9.80 Å². The Morgan fingerprint density at radius 1 is 1.18 bits per heavy atom. The molecule has 0 amide bonds. The summed E-state index contributed by atoms with van der Waals surface area (Å²) in [6.07, 6.45) is 8.85. The number of aromatic nitrogens is 3. The minimum atomic E-state index is -1.64. The zero-order valence-corrected chi connectivity index (χ0v) is 23.8. The fourth-order valence-electron chi connectivity index (χ4n) is 5.15. The Kier molecular flexibility index (Phi) is 7.17. The van der Waals surface area contributed by atoms with Crippen LogP contribution in [0.3, 0.4) is 0 Å². The van der Waals surface area contributed by atoms with E-state index < -0.39 is 27.8 Å². The molecule has 1 spiro atoms. The number of halogens is 1. The van der Waals surface area contributed by atoms with Gasteiger partial charge in [0.25, 0.3) is 0 Å². The first kappa shape index (κ1) is 26.6. The van der Waals surface area contributed by atoms with Crippen LogP contribution in [0.15, 0.2) is 60.5 Å². The molecule has 8 nitrogen and oxygen atoms in total. The molecular formula is C27H33FN6O2S2. The summed E-state index contributed by atoms with van der Waals surface area (Å²) in [5, 5.41) is -0.0779. The molecule has 5 rings (SSSR count). The van der Waals surface area contributed by atoms with Gasteiger partial charge in [-0.2, -0.15) is 0 Å². The third-order valence-electron chi connectivity index (χ3n) is 7.25. The van der Waals surface area contributed by atoms with Gasteiger partial charge in [-0.15, -0.1) is 0 Å². The van der Waals surface area contributed by atoms with E-state index in [1.807, 2.05) is 26.8 Å². The van der Waals surface area contributed by atoms with Gasteiger partial charge in [0, 0.05) is 68.0 Å². The highest BCUT2D eigenvalue weighted by Crippen LogP contribution is 2.49. The number of nitrogens with zero attached hydrogens (tertiary/aromatic N) is 6. The van der Waals surface area contributed by atoms with Crippen LogP contribution in [0.25, 0.3) is 5.70 Å². The largest absolute Gasteiger partial charge is 0.362 e. The molecule has 0 N–H and O–H groups in total. The summed E-state index contributed by atoms with van der Waals surface area (Å²) >= 11 is 0. The first-order valence-electron chi connectivity index (χ1n) is 12.6. The van der Waals surface area contributed by atoms with Gasteiger partial charge in [0.2, 0.25) is 5.95 Å². The number of rotatable bonds is 8. The molecule has 2 fully saturated rings. The molecule has 2 aliphatic rings. The van der Waals surface area contributed by atoms with Crippen LogP contribution in [0.5, 0.6) is 0 Å². The Morgan fingerprint density at radius 2 is 1.89 bits per heavy atom. The van der Waals surface area contributed by atoms with Crippen molar-refractivity contribution in [3.8, 4) is 0 Å². The molecule has 2 aromatic heterocycles. The predicted octanol–water partition coefficient (Wildman–Crippen LogP) is 4.13. The van der Waals surface area contributed by atoms with Gasteiger partial charge in [-0.05, 0) is 63.4 Å². The van der Waals surface area contributed by atoms with Gasteiger partial charge in [-0.1, -0.05) is 6.58 Å². The summed E-state index contributed by atoms with van der Waals surface area (Å²) in [7, 11) is -1.21. The molecule has 1 aliphatic heterocycles. The predicted molar refractivity (Wildman–Crippen MR) is 151 cm³/mol. The Balaban J connectivity index is 1.43. The van der Waals surface area contributed by atoms with Crippen LogP contribution < -0.4 is 9.21 Å². The van der Waals surface area contributed by atoms with E-state index in [1.165, 1.54) is 12.1 Å². The van der Waals surface area contributed by atoms with Crippen LogP contribution >= 0.6 is 0 Å². The smallest absolute Gasteiger partial charge is 0.225 e. The van der Waals surface area contributed by atoms with Crippen molar-refractivity contribution in [3.05, 3.63) is 72.6 Å². The van der Waals surface area contributed by atoms with Gasteiger partial charge in [-0.3, -0.25) is 8.28 Å². The molecule has 3 aromatic rings. The van der Waals surface area contributed by atoms with Gasteiger partial charge in [0.15, 0.2) is 11.0 Å². The van der Waals surface area contributed by atoms with E-state index in [9.17, 15) is 12.8 Å². The Hall–Kier alpha value is -3.05. The third-order valence-corrected chi connectivity index (χ3v) is 10.0. The molecule has 11 heteroatoms. The molecule has 1 aromatic carbocycles. The molecule has 2 atom stereocenters. The number of hydrogen-bond donors (Lipinski definition) is 0. The highest BCUT2D eigenvalue weighted by Gasteiger charge is 2.52. The molecule has 3 heterocycles. The van der Waals surface area contributed by atoms with Crippen molar-refractivity contribution in [3.63, 3.8) is 0 Å². The molecule has 0 radical (unpaired) electrons. The number of aryl methyl sites for hydroxylation is 1. The highest BCUT2D eigenvalue weighted by molar-refractivity contribution is 7.86. The molecule has 1 saturated carbocycles. The van der Waals surface area contributed by atoms with Gasteiger partial charge in [0.1, 0.15) is 16.8 Å². The van der Waals surface area contributed by atoms with Gasteiger partial charge in [-0.25, -0.2) is 22.8 Å². The van der Waals surface area contributed by atoms with Crippen molar-refractivity contribution in [1.29, 1.82) is 0 Å². The maximum absolute atomic E-state index is 14.7. The van der Waals surface area contributed by atoms with Crippen molar-refractivity contribution in [2.75, 3.05) is 35.9 Å². The average Bonchev–Trinajstić information content (AvgIpc) is 3.47. The van der Waals surface area contributed by atoms with E-state index >= 15 is 0 Å². The lowest BCUT2D eigenvalue weighted by atomic mass is 9.99. The second-order valence-corrected chi connectivity index (χ2v) is 13.6. The van der Waals surface area contributed by atoms with Gasteiger partial charge >= 0.3 is 0 Å². The lowest BCUT2D eigenvalue weighted by Gasteiger charge is -2.45. The van der Waals surface area contributed by atoms with E-state index in [-0.39, 0.29) is 10.8 Å². The normalized spacial score (nSPS) is 18.1.